The van der Waals surface area contributed by atoms with Crippen LogP contribution in [0.4, 0.5) is 11.4 Å². The molecular weight excluding hydrogens is 390 g/mol. The highest BCUT2D eigenvalue weighted by molar-refractivity contribution is 7.80. The van der Waals surface area contributed by atoms with Crippen LogP contribution in [0.25, 0.3) is 10.2 Å². The molecule has 4 aromatic rings. The summed E-state index contributed by atoms with van der Waals surface area (Å²) in [6.45, 7) is 0.681. The molecule has 0 bridgehead atoms. The average Bonchev–Trinajstić information content (AvgIpc) is 3.07. The number of benzene rings is 3. The van der Waals surface area contributed by atoms with Gasteiger partial charge in [-0.05, 0) is 60.3 Å². The summed E-state index contributed by atoms with van der Waals surface area (Å²) in [5.74, 6) is 0. The van der Waals surface area contributed by atoms with Crippen LogP contribution in [-0.4, -0.2) is 10.1 Å². The number of nitrogens with one attached hydrogen (secondary N) is 2. The predicted molar refractivity (Wildman–Crippen MR) is 122 cm³/mol. The van der Waals surface area contributed by atoms with E-state index in [1.807, 2.05) is 48.5 Å². The Kier molecular flexibility index (Phi) is 5.29. The van der Waals surface area contributed by atoms with E-state index in [0.29, 0.717) is 11.7 Å². The number of aromatic amines is 1. The Labute approximate surface area is 172 Å². The van der Waals surface area contributed by atoms with Crippen LogP contribution >= 0.6 is 35.8 Å². The number of hydrogen-bond donors (Lipinski definition) is 2. The number of hydrogen-bond acceptors (Lipinski definition) is 3. The number of aromatic nitrogens is 1. The summed E-state index contributed by atoms with van der Waals surface area (Å²) in [4.78, 5) is 5.32. The lowest BCUT2D eigenvalue weighted by atomic mass is 10.2. The van der Waals surface area contributed by atoms with Gasteiger partial charge in [0, 0.05) is 11.4 Å². The lowest BCUT2D eigenvalue weighted by Crippen LogP contribution is -2.34. The molecule has 0 radical (unpaired) electrons. The molecule has 2 N–H and O–H groups in total. The van der Waals surface area contributed by atoms with Crippen molar-refractivity contribution in [3.63, 3.8) is 0 Å². The van der Waals surface area contributed by atoms with Crippen LogP contribution in [0.3, 0.4) is 0 Å². The Morgan fingerprint density at radius 3 is 2.41 bits per heavy atom. The van der Waals surface area contributed by atoms with Gasteiger partial charge in [-0.3, -0.25) is 0 Å². The molecule has 0 saturated heterocycles. The van der Waals surface area contributed by atoms with Crippen molar-refractivity contribution in [2.24, 2.45) is 0 Å². The van der Waals surface area contributed by atoms with Crippen molar-refractivity contribution in [3.8, 4) is 0 Å². The molecule has 4 rings (SSSR count). The van der Waals surface area contributed by atoms with Gasteiger partial charge in [0.2, 0.25) is 0 Å². The normalized spacial score (nSPS) is 10.7. The van der Waals surface area contributed by atoms with Crippen LogP contribution in [0.5, 0.6) is 0 Å². The lowest BCUT2D eigenvalue weighted by Gasteiger charge is -2.26. The molecule has 3 aromatic carbocycles. The number of fused-ring (bicyclic) bond motifs is 1. The third kappa shape index (κ3) is 4.24. The summed E-state index contributed by atoms with van der Waals surface area (Å²) in [6.07, 6.45) is 0. The maximum absolute atomic E-state index is 5.76. The molecule has 0 unspecified atom stereocenters. The summed E-state index contributed by atoms with van der Waals surface area (Å²) in [5, 5.41) is 4.00. The zero-order chi connectivity index (χ0) is 18.6. The van der Waals surface area contributed by atoms with Gasteiger partial charge >= 0.3 is 0 Å². The maximum atomic E-state index is 5.76. The summed E-state index contributed by atoms with van der Waals surface area (Å²) < 4.78 is 1.90. The molecule has 0 amide bonds. The van der Waals surface area contributed by atoms with Crippen molar-refractivity contribution in [1.29, 1.82) is 0 Å². The van der Waals surface area contributed by atoms with E-state index >= 15 is 0 Å². The van der Waals surface area contributed by atoms with E-state index in [4.69, 9.17) is 24.4 Å². The first kappa shape index (κ1) is 17.9. The number of thiazole rings is 1. The Morgan fingerprint density at radius 2 is 1.67 bits per heavy atom. The standard InChI is InChI=1S/C21H17N3S3/c25-20(22-16-9-5-2-6-10-16)24(14-15-7-3-1-4-8-15)17-11-12-18-19(13-17)27-21(26)23-18/h1-13H,14H2,(H,22,25)(H,23,26). The molecule has 0 fully saturated rings. The average molecular weight is 408 g/mol. The summed E-state index contributed by atoms with van der Waals surface area (Å²) in [7, 11) is 0. The van der Waals surface area contributed by atoms with Crippen molar-refractivity contribution >= 4 is 62.5 Å². The van der Waals surface area contributed by atoms with E-state index < -0.39 is 0 Å². The van der Waals surface area contributed by atoms with E-state index in [9.17, 15) is 0 Å². The SMILES string of the molecule is S=C(Nc1ccccc1)N(Cc1ccccc1)c1ccc2[nH]c(=S)sc2c1. The van der Waals surface area contributed by atoms with Gasteiger partial charge in [0.15, 0.2) is 9.07 Å². The summed E-state index contributed by atoms with van der Waals surface area (Å²) in [6, 6.07) is 26.6. The maximum Gasteiger partial charge on any atom is 0.178 e. The first-order valence-electron chi connectivity index (χ1n) is 8.49. The van der Waals surface area contributed by atoms with Crippen LogP contribution in [0, 0.1) is 3.95 Å². The third-order valence-electron chi connectivity index (χ3n) is 4.17. The number of nitrogens with zero attached hydrogens (tertiary/aromatic N) is 1. The topological polar surface area (TPSA) is 31.1 Å². The Morgan fingerprint density at radius 1 is 0.963 bits per heavy atom. The summed E-state index contributed by atoms with van der Waals surface area (Å²) >= 11 is 12.6. The van der Waals surface area contributed by atoms with Crippen LogP contribution in [0.15, 0.2) is 78.9 Å². The van der Waals surface area contributed by atoms with Crippen molar-refractivity contribution in [2.45, 2.75) is 6.54 Å². The molecule has 0 atom stereocenters. The van der Waals surface area contributed by atoms with Gasteiger partial charge in [0.05, 0.1) is 16.8 Å². The fraction of sp³-hybridized carbons (Fsp3) is 0.0476. The molecule has 27 heavy (non-hydrogen) atoms. The third-order valence-corrected chi connectivity index (χ3v) is 5.69. The second-order valence-electron chi connectivity index (χ2n) is 6.06. The van der Waals surface area contributed by atoms with Gasteiger partial charge < -0.3 is 15.2 Å². The quantitative estimate of drug-likeness (QED) is 0.385. The molecule has 0 spiro atoms. The van der Waals surface area contributed by atoms with Crippen molar-refractivity contribution in [2.75, 3.05) is 10.2 Å². The zero-order valence-corrected chi connectivity index (χ0v) is 16.8. The van der Waals surface area contributed by atoms with Crippen LogP contribution in [-0.2, 0) is 6.54 Å². The minimum absolute atomic E-state index is 0.656. The molecule has 134 valence electrons. The van der Waals surface area contributed by atoms with Crippen molar-refractivity contribution in [3.05, 3.63) is 88.4 Å². The van der Waals surface area contributed by atoms with E-state index in [0.717, 1.165) is 25.5 Å². The number of rotatable bonds is 4. The predicted octanol–water partition coefficient (Wildman–Crippen LogP) is 6.36. The molecule has 0 aliphatic carbocycles. The molecule has 0 aliphatic rings. The summed E-state index contributed by atoms with van der Waals surface area (Å²) in [5.41, 5.74) is 4.25. The van der Waals surface area contributed by atoms with Gasteiger partial charge in [-0.2, -0.15) is 0 Å². The zero-order valence-electron chi connectivity index (χ0n) is 14.4. The van der Waals surface area contributed by atoms with E-state index in [1.54, 1.807) is 11.3 Å². The minimum Gasteiger partial charge on any atom is -0.337 e. The largest absolute Gasteiger partial charge is 0.337 e. The van der Waals surface area contributed by atoms with Crippen LogP contribution in [0.1, 0.15) is 5.56 Å². The van der Waals surface area contributed by atoms with Gasteiger partial charge in [-0.25, -0.2) is 0 Å². The van der Waals surface area contributed by atoms with Gasteiger partial charge in [0.25, 0.3) is 0 Å². The number of H-pyrrole nitrogens is 1. The fourth-order valence-electron chi connectivity index (χ4n) is 2.86. The van der Waals surface area contributed by atoms with Crippen LogP contribution in [0.2, 0.25) is 0 Å². The number of para-hydroxylation sites is 1. The Balaban J connectivity index is 1.69. The highest BCUT2D eigenvalue weighted by atomic mass is 32.1. The first-order valence-corrected chi connectivity index (χ1v) is 10.1. The fourth-order valence-corrected chi connectivity index (χ4v) is 4.30. The monoisotopic (exact) mass is 407 g/mol. The van der Waals surface area contributed by atoms with Gasteiger partial charge in [-0.15, -0.1) is 11.3 Å². The van der Waals surface area contributed by atoms with E-state index in [-0.39, 0.29) is 0 Å². The van der Waals surface area contributed by atoms with E-state index in [1.165, 1.54) is 5.56 Å². The lowest BCUT2D eigenvalue weighted by molar-refractivity contribution is 1.01. The molecule has 6 heteroatoms. The molecule has 3 nitrogen and oxygen atoms in total. The van der Waals surface area contributed by atoms with Crippen LogP contribution < -0.4 is 10.2 Å². The first-order chi connectivity index (χ1) is 13.2. The molecule has 1 aromatic heterocycles. The Bertz CT molecular complexity index is 1120. The molecule has 1 heterocycles. The highest BCUT2D eigenvalue weighted by Gasteiger charge is 2.14. The second-order valence-corrected chi connectivity index (χ2v) is 8.17. The molecular formula is C21H17N3S3. The molecule has 0 aliphatic heterocycles. The smallest absolute Gasteiger partial charge is 0.178 e. The number of anilines is 2. The number of thiocarbonyl (C=S) groups is 1. The molecule has 0 saturated carbocycles. The van der Waals surface area contributed by atoms with Gasteiger partial charge in [-0.1, -0.05) is 48.5 Å². The minimum atomic E-state index is 0.656. The van der Waals surface area contributed by atoms with Crippen molar-refractivity contribution < 1.29 is 0 Å². The van der Waals surface area contributed by atoms with Crippen molar-refractivity contribution in [1.82, 2.24) is 4.98 Å². The highest BCUT2D eigenvalue weighted by Crippen LogP contribution is 2.27. The van der Waals surface area contributed by atoms with E-state index in [2.05, 4.69) is 45.5 Å². The van der Waals surface area contributed by atoms with Gasteiger partial charge in [0.1, 0.15) is 0 Å². The second kappa shape index (κ2) is 8.00. The Hall–Kier alpha value is -2.54.